The number of carbonyl (C=O) groups excluding carboxylic acids is 2. The molecule has 0 aromatic heterocycles. The number of esters is 1. The van der Waals surface area contributed by atoms with Crippen LogP contribution in [0.1, 0.15) is 36.6 Å². The van der Waals surface area contributed by atoms with Gasteiger partial charge in [0.2, 0.25) is 0 Å². The fourth-order valence-electron chi connectivity index (χ4n) is 4.25. The summed E-state index contributed by atoms with van der Waals surface area (Å²) in [6.07, 6.45) is 0.437. The second kappa shape index (κ2) is 14.9. The monoisotopic (exact) mass is 608 g/mol. The average molecular weight is 609 g/mol. The van der Waals surface area contributed by atoms with Gasteiger partial charge in [0.1, 0.15) is 19.0 Å². The molecule has 4 rings (SSSR count). The number of hydrogen-bond acceptors (Lipinski definition) is 9. The molecule has 0 radical (unpaired) electrons. The van der Waals surface area contributed by atoms with Crippen molar-refractivity contribution in [2.75, 3.05) is 20.3 Å². The van der Waals surface area contributed by atoms with E-state index in [2.05, 4.69) is 21.2 Å². The molecule has 2 amide bonds. The van der Waals surface area contributed by atoms with E-state index in [9.17, 15) is 14.7 Å². The molecule has 1 heterocycles. The van der Waals surface area contributed by atoms with Crippen molar-refractivity contribution in [3.05, 3.63) is 99.7 Å². The molecule has 226 valence electrons. The predicted molar refractivity (Wildman–Crippen MR) is 161 cm³/mol. The molecule has 12 heteroatoms. The Morgan fingerprint density at radius 1 is 1.09 bits per heavy atom. The van der Waals surface area contributed by atoms with Crippen molar-refractivity contribution < 1.29 is 33.6 Å². The van der Waals surface area contributed by atoms with Crippen LogP contribution >= 0.6 is 11.6 Å². The minimum absolute atomic E-state index is 0.137. The van der Waals surface area contributed by atoms with Crippen molar-refractivity contribution >= 4 is 29.8 Å². The molecule has 0 bridgehead atoms. The summed E-state index contributed by atoms with van der Waals surface area (Å²) in [6, 6.07) is 18.6. The van der Waals surface area contributed by atoms with Crippen LogP contribution < -0.4 is 30.3 Å². The van der Waals surface area contributed by atoms with E-state index >= 15 is 0 Å². The van der Waals surface area contributed by atoms with Gasteiger partial charge in [0.05, 0.1) is 31.5 Å². The summed E-state index contributed by atoms with van der Waals surface area (Å²) in [4.78, 5) is 24.5. The van der Waals surface area contributed by atoms with E-state index in [0.717, 1.165) is 11.1 Å². The minimum atomic E-state index is -1.12. The number of ether oxygens (including phenoxy) is 4. The van der Waals surface area contributed by atoms with E-state index in [4.69, 9.17) is 30.5 Å². The van der Waals surface area contributed by atoms with Gasteiger partial charge in [0.25, 0.3) is 0 Å². The highest BCUT2D eigenvalue weighted by Crippen LogP contribution is 2.35. The van der Waals surface area contributed by atoms with Crippen molar-refractivity contribution in [2.45, 2.75) is 32.7 Å². The highest BCUT2D eigenvalue weighted by molar-refractivity contribution is 6.31. The standard InChI is InChI=1S/C31H33ClN4O7/c1-4-41-26-15-21(29-28(30(38)40-3)19(2)34-31(39)35-29)11-14-25(26)43-18-27(37)36-33-16-20-9-12-23(13-10-20)42-17-22-7-5-6-8-24(22)32/h5-16,27,29,36-37H,4,17-18H2,1-3H3,(H2,34,35,39)/b33-16-/t27-,29-/m1/s1. The number of nitrogens with one attached hydrogen (secondary N) is 3. The Morgan fingerprint density at radius 3 is 2.58 bits per heavy atom. The summed E-state index contributed by atoms with van der Waals surface area (Å²) in [5, 5.41) is 20.4. The molecule has 3 aromatic rings. The van der Waals surface area contributed by atoms with Gasteiger partial charge in [-0.1, -0.05) is 35.9 Å². The van der Waals surface area contributed by atoms with Crippen LogP contribution in [0.5, 0.6) is 17.2 Å². The molecule has 1 aliphatic rings. The number of amides is 2. The fraction of sp³-hybridized carbons (Fsp3) is 0.258. The second-order valence-electron chi connectivity index (χ2n) is 9.36. The zero-order valence-corrected chi connectivity index (χ0v) is 24.7. The van der Waals surface area contributed by atoms with E-state index in [0.29, 0.717) is 46.7 Å². The Balaban J connectivity index is 1.33. The largest absolute Gasteiger partial charge is 0.490 e. The number of urea groups is 1. The van der Waals surface area contributed by atoms with Gasteiger partial charge in [-0.3, -0.25) is 5.43 Å². The van der Waals surface area contributed by atoms with Crippen molar-refractivity contribution in [3.63, 3.8) is 0 Å². The van der Waals surface area contributed by atoms with Crippen LogP contribution in [-0.4, -0.2) is 49.9 Å². The predicted octanol–water partition coefficient (Wildman–Crippen LogP) is 4.44. The van der Waals surface area contributed by atoms with Crippen molar-refractivity contribution in [2.24, 2.45) is 5.10 Å². The van der Waals surface area contributed by atoms with E-state index in [1.54, 1.807) is 31.3 Å². The number of methoxy groups -OCH3 is 1. The van der Waals surface area contributed by atoms with Crippen molar-refractivity contribution in [1.29, 1.82) is 0 Å². The molecule has 0 saturated carbocycles. The number of allylic oxidation sites excluding steroid dienone is 1. The summed E-state index contributed by atoms with van der Waals surface area (Å²) >= 11 is 6.17. The number of aliphatic hydroxyl groups is 1. The molecule has 0 aliphatic carbocycles. The lowest BCUT2D eigenvalue weighted by Gasteiger charge is -2.28. The Morgan fingerprint density at radius 2 is 1.86 bits per heavy atom. The van der Waals surface area contributed by atoms with Crippen molar-refractivity contribution in [3.8, 4) is 17.2 Å². The number of benzene rings is 3. The van der Waals surface area contributed by atoms with Gasteiger partial charge in [-0.25, -0.2) is 9.59 Å². The van der Waals surface area contributed by atoms with Gasteiger partial charge in [-0.2, -0.15) is 5.10 Å². The first-order chi connectivity index (χ1) is 20.8. The summed E-state index contributed by atoms with van der Waals surface area (Å²) in [7, 11) is 1.28. The molecule has 0 fully saturated rings. The fourth-order valence-corrected chi connectivity index (χ4v) is 4.44. The van der Waals surface area contributed by atoms with E-state index < -0.39 is 24.3 Å². The highest BCUT2D eigenvalue weighted by Gasteiger charge is 2.32. The number of carbonyl (C=O) groups is 2. The first-order valence-corrected chi connectivity index (χ1v) is 13.9. The zero-order chi connectivity index (χ0) is 30.8. The highest BCUT2D eigenvalue weighted by atomic mass is 35.5. The second-order valence-corrected chi connectivity index (χ2v) is 9.77. The molecule has 0 spiro atoms. The van der Waals surface area contributed by atoms with E-state index in [-0.39, 0.29) is 12.2 Å². The van der Waals surface area contributed by atoms with Gasteiger partial charge < -0.3 is 34.7 Å². The minimum Gasteiger partial charge on any atom is -0.490 e. The average Bonchev–Trinajstić information content (AvgIpc) is 3.00. The first-order valence-electron chi connectivity index (χ1n) is 13.5. The Labute approximate surface area is 254 Å². The molecular formula is C31H33ClN4O7. The number of nitrogens with zero attached hydrogens (tertiary/aromatic N) is 1. The lowest BCUT2D eigenvalue weighted by Crippen LogP contribution is -2.45. The third-order valence-corrected chi connectivity index (χ3v) is 6.71. The summed E-state index contributed by atoms with van der Waals surface area (Å²) in [6.45, 7) is 4.00. The van der Waals surface area contributed by atoms with Gasteiger partial charge in [0, 0.05) is 16.3 Å². The summed E-state index contributed by atoms with van der Waals surface area (Å²) in [5.74, 6) is 0.858. The van der Waals surface area contributed by atoms with Gasteiger partial charge in [-0.05, 0) is 67.4 Å². The van der Waals surface area contributed by atoms with Crippen LogP contribution in [0, 0.1) is 0 Å². The third kappa shape index (κ3) is 8.40. The third-order valence-electron chi connectivity index (χ3n) is 6.34. The van der Waals surface area contributed by atoms with Gasteiger partial charge >= 0.3 is 12.0 Å². The van der Waals surface area contributed by atoms with Crippen LogP contribution in [0.15, 0.2) is 83.1 Å². The molecule has 0 unspecified atom stereocenters. The summed E-state index contributed by atoms with van der Waals surface area (Å²) < 4.78 is 22.2. The molecule has 2 atom stereocenters. The maximum absolute atomic E-state index is 12.4. The Kier molecular flexibility index (Phi) is 10.8. The number of aliphatic hydroxyl groups excluding tert-OH is 1. The molecule has 1 aliphatic heterocycles. The molecule has 4 N–H and O–H groups in total. The van der Waals surface area contributed by atoms with Gasteiger partial charge in [0.15, 0.2) is 17.7 Å². The van der Waals surface area contributed by atoms with E-state index in [1.165, 1.54) is 7.11 Å². The molecule has 3 aromatic carbocycles. The lowest BCUT2D eigenvalue weighted by molar-refractivity contribution is -0.136. The van der Waals surface area contributed by atoms with Crippen LogP contribution in [0.3, 0.4) is 0 Å². The van der Waals surface area contributed by atoms with Crippen LogP contribution in [0.25, 0.3) is 0 Å². The Hall–Kier alpha value is -4.74. The topological polar surface area (TPSA) is 140 Å². The smallest absolute Gasteiger partial charge is 0.337 e. The number of rotatable bonds is 13. The first kappa shape index (κ1) is 31.2. The Bertz CT molecular complexity index is 1490. The lowest BCUT2D eigenvalue weighted by atomic mass is 9.95. The molecule has 11 nitrogen and oxygen atoms in total. The SMILES string of the molecule is CCOc1cc([C@H]2NC(=O)NC(C)=C2C(=O)OC)ccc1OC[C@@H](O)N/N=C\c1ccc(OCc2ccccc2Cl)cc1. The van der Waals surface area contributed by atoms with Gasteiger partial charge in [-0.15, -0.1) is 0 Å². The zero-order valence-electron chi connectivity index (χ0n) is 23.9. The summed E-state index contributed by atoms with van der Waals surface area (Å²) in [5.41, 5.74) is 5.57. The quantitative estimate of drug-likeness (QED) is 0.0967. The van der Waals surface area contributed by atoms with E-state index in [1.807, 2.05) is 55.5 Å². The number of hydrogen-bond donors (Lipinski definition) is 4. The number of hydrazone groups is 1. The maximum Gasteiger partial charge on any atom is 0.337 e. The molecule has 0 saturated heterocycles. The molecule has 43 heavy (non-hydrogen) atoms. The number of halogens is 1. The van der Waals surface area contributed by atoms with Crippen LogP contribution in [0.4, 0.5) is 4.79 Å². The van der Waals surface area contributed by atoms with Crippen LogP contribution in [0.2, 0.25) is 5.02 Å². The molecular weight excluding hydrogens is 576 g/mol. The van der Waals surface area contributed by atoms with Crippen LogP contribution in [-0.2, 0) is 16.1 Å². The maximum atomic E-state index is 12.4. The normalized spacial score (nSPS) is 15.4. The van der Waals surface area contributed by atoms with Crippen molar-refractivity contribution in [1.82, 2.24) is 16.1 Å².